The molecule has 2 aromatic carbocycles. The zero-order chi connectivity index (χ0) is 27.4. The molecular formula is C29H29N7O3. The fourth-order valence-corrected chi connectivity index (χ4v) is 4.89. The van der Waals surface area contributed by atoms with Crippen LogP contribution in [-0.2, 0) is 12.8 Å². The smallest absolute Gasteiger partial charge is 0.221 e. The van der Waals surface area contributed by atoms with Crippen molar-refractivity contribution < 1.29 is 14.3 Å². The van der Waals surface area contributed by atoms with E-state index in [0.717, 1.165) is 29.8 Å². The van der Waals surface area contributed by atoms with E-state index in [4.69, 9.17) is 20.9 Å². The molecular weight excluding hydrogens is 494 g/mol. The Balaban J connectivity index is 1.48. The van der Waals surface area contributed by atoms with Crippen LogP contribution >= 0.6 is 0 Å². The van der Waals surface area contributed by atoms with E-state index in [9.17, 15) is 4.79 Å². The average molecular weight is 524 g/mol. The van der Waals surface area contributed by atoms with Gasteiger partial charge >= 0.3 is 0 Å². The number of fused-ring (bicyclic) bond motifs is 1. The minimum atomic E-state index is -0.231. The van der Waals surface area contributed by atoms with Crippen LogP contribution in [0.25, 0.3) is 0 Å². The third-order valence-electron chi connectivity index (χ3n) is 6.73. The van der Waals surface area contributed by atoms with E-state index in [2.05, 4.69) is 37.2 Å². The number of ketones is 1. The number of hydrogen-bond donors (Lipinski definition) is 2. The molecule has 4 N–H and O–H groups in total. The second-order valence-corrected chi connectivity index (χ2v) is 9.11. The van der Waals surface area contributed by atoms with Crippen molar-refractivity contribution >= 4 is 17.5 Å². The van der Waals surface area contributed by atoms with Crippen molar-refractivity contribution in [2.75, 3.05) is 32.2 Å². The Hall–Kier alpha value is -4.99. The summed E-state index contributed by atoms with van der Waals surface area (Å²) in [5, 5.41) is 8.46. The lowest BCUT2D eigenvalue weighted by Gasteiger charge is -2.36. The van der Waals surface area contributed by atoms with Crippen LogP contribution in [0.2, 0.25) is 0 Å². The van der Waals surface area contributed by atoms with Crippen LogP contribution in [-0.4, -0.2) is 51.6 Å². The molecule has 0 fully saturated rings. The molecule has 10 nitrogen and oxygen atoms in total. The van der Waals surface area contributed by atoms with E-state index < -0.39 is 0 Å². The summed E-state index contributed by atoms with van der Waals surface area (Å²) in [6, 6.07) is 15.5. The van der Waals surface area contributed by atoms with Crippen molar-refractivity contribution in [3.8, 4) is 11.5 Å². The highest BCUT2D eigenvalue weighted by Gasteiger charge is 2.28. The minimum absolute atomic E-state index is 0.102. The van der Waals surface area contributed by atoms with Gasteiger partial charge in [0, 0.05) is 43.2 Å². The topological polar surface area (TPSA) is 142 Å². The predicted molar refractivity (Wildman–Crippen MR) is 147 cm³/mol. The lowest BCUT2D eigenvalue weighted by atomic mass is 9.91. The minimum Gasteiger partial charge on any atom is -0.493 e. The fourth-order valence-electron chi connectivity index (χ4n) is 4.89. The fraction of sp³-hybridized carbons (Fsp3) is 0.207. The second-order valence-electron chi connectivity index (χ2n) is 9.11. The molecule has 1 unspecified atom stereocenters. The maximum Gasteiger partial charge on any atom is 0.221 e. The van der Waals surface area contributed by atoms with Crippen LogP contribution in [0.1, 0.15) is 44.3 Å². The van der Waals surface area contributed by atoms with Crippen molar-refractivity contribution in [1.29, 1.82) is 0 Å². The first-order valence-corrected chi connectivity index (χ1v) is 12.4. The van der Waals surface area contributed by atoms with E-state index in [1.54, 1.807) is 30.6 Å². The molecule has 4 aromatic rings. The maximum absolute atomic E-state index is 13.6. The number of methoxy groups -OCH3 is 2. The first-order chi connectivity index (χ1) is 19.0. The number of anilines is 2. The maximum atomic E-state index is 13.6. The van der Waals surface area contributed by atoms with E-state index in [-0.39, 0.29) is 23.6 Å². The molecule has 1 aliphatic heterocycles. The van der Waals surface area contributed by atoms with Crippen molar-refractivity contribution in [2.45, 2.75) is 18.9 Å². The van der Waals surface area contributed by atoms with Gasteiger partial charge < -0.3 is 25.8 Å². The molecule has 0 amide bonds. The van der Waals surface area contributed by atoms with Gasteiger partial charge in [0.15, 0.2) is 17.3 Å². The van der Waals surface area contributed by atoms with Crippen molar-refractivity contribution in [3.05, 3.63) is 107 Å². The van der Waals surface area contributed by atoms with Gasteiger partial charge in [-0.1, -0.05) is 24.3 Å². The average Bonchev–Trinajstić information content (AvgIpc) is 2.96. The number of nitrogen functional groups attached to an aromatic ring is 2. The van der Waals surface area contributed by atoms with E-state index in [1.165, 1.54) is 19.8 Å². The van der Waals surface area contributed by atoms with Gasteiger partial charge in [0.25, 0.3) is 0 Å². The molecule has 3 heterocycles. The van der Waals surface area contributed by atoms with Gasteiger partial charge in [-0.15, -0.1) is 0 Å². The number of nitrogens with two attached hydrogens (primary N) is 2. The lowest BCUT2D eigenvalue weighted by molar-refractivity contribution is 0.104. The molecule has 1 aliphatic rings. The highest BCUT2D eigenvalue weighted by Crippen LogP contribution is 2.36. The number of hydrogen-bond acceptors (Lipinski definition) is 10. The summed E-state index contributed by atoms with van der Waals surface area (Å²) in [6.07, 6.45) is 7.84. The third-order valence-corrected chi connectivity index (χ3v) is 6.73. The van der Waals surface area contributed by atoms with Gasteiger partial charge in [-0.3, -0.25) is 4.79 Å². The quantitative estimate of drug-likeness (QED) is 0.261. The van der Waals surface area contributed by atoms with Crippen LogP contribution in [0.15, 0.2) is 73.2 Å². The number of allylic oxidation sites excluding steroid dienone is 1. The van der Waals surface area contributed by atoms with Crippen LogP contribution in [0, 0.1) is 0 Å². The zero-order valence-electron chi connectivity index (χ0n) is 21.7. The molecule has 5 rings (SSSR count). The summed E-state index contributed by atoms with van der Waals surface area (Å²) in [7, 11) is 3.04. The number of carbonyl (C=O) groups excluding carboxylic acids is 1. The summed E-state index contributed by atoms with van der Waals surface area (Å²) < 4.78 is 11.1. The Labute approximate surface area is 226 Å². The van der Waals surface area contributed by atoms with Gasteiger partial charge in [-0.05, 0) is 47.4 Å². The molecule has 2 aromatic heterocycles. The molecule has 0 radical (unpaired) electrons. The molecule has 198 valence electrons. The first-order valence-electron chi connectivity index (χ1n) is 12.4. The highest BCUT2D eigenvalue weighted by molar-refractivity contribution is 6.07. The molecule has 10 heteroatoms. The van der Waals surface area contributed by atoms with Gasteiger partial charge in [0.2, 0.25) is 5.95 Å². The molecule has 0 spiro atoms. The molecule has 0 saturated carbocycles. The SMILES string of the molecule is COc1cc(Cc2cnc(N)nc2N)cc(C(=O)/C=C/N2CCc3ccccc3C2c2cccnn2)c1OC. The normalized spacial score (nSPS) is 14.7. The second kappa shape index (κ2) is 11.2. The van der Waals surface area contributed by atoms with Crippen LogP contribution in [0.3, 0.4) is 0 Å². The van der Waals surface area contributed by atoms with Crippen LogP contribution < -0.4 is 20.9 Å². The van der Waals surface area contributed by atoms with Crippen LogP contribution in [0.5, 0.6) is 11.5 Å². The Bertz CT molecular complexity index is 1530. The largest absolute Gasteiger partial charge is 0.493 e. The summed E-state index contributed by atoms with van der Waals surface area (Å²) >= 11 is 0. The lowest BCUT2D eigenvalue weighted by Crippen LogP contribution is -2.33. The third kappa shape index (κ3) is 5.35. The van der Waals surface area contributed by atoms with E-state index in [1.807, 2.05) is 30.5 Å². The van der Waals surface area contributed by atoms with Gasteiger partial charge in [0.05, 0.1) is 31.5 Å². The number of benzene rings is 2. The monoisotopic (exact) mass is 523 g/mol. The van der Waals surface area contributed by atoms with Gasteiger partial charge in [-0.2, -0.15) is 15.2 Å². The van der Waals surface area contributed by atoms with Gasteiger partial charge in [-0.25, -0.2) is 4.98 Å². The number of rotatable bonds is 8. The number of aromatic nitrogens is 4. The number of carbonyl (C=O) groups is 1. The molecule has 1 atom stereocenters. The molecule has 0 saturated heterocycles. The van der Waals surface area contributed by atoms with Gasteiger partial charge in [0.1, 0.15) is 5.82 Å². The Morgan fingerprint density at radius 2 is 1.97 bits per heavy atom. The zero-order valence-corrected chi connectivity index (χ0v) is 21.7. The first kappa shape index (κ1) is 25.7. The Morgan fingerprint density at radius 3 is 2.72 bits per heavy atom. The molecule has 39 heavy (non-hydrogen) atoms. The Morgan fingerprint density at radius 1 is 1.13 bits per heavy atom. The van der Waals surface area contributed by atoms with E-state index >= 15 is 0 Å². The summed E-state index contributed by atoms with van der Waals surface area (Å²) in [5.41, 5.74) is 16.7. The van der Waals surface area contributed by atoms with Crippen molar-refractivity contribution in [2.24, 2.45) is 0 Å². The summed E-state index contributed by atoms with van der Waals surface area (Å²) in [4.78, 5) is 23.8. The summed E-state index contributed by atoms with van der Waals surface area (Å²) in [5.74, 6) is 0.943. The Kier molecular flexibility index (Phi) is 7.35. The highest BCUT2D eigenvalue weighted by atomic mass is 16.5. The number of ether oxygens (including phenoxy) is 2. The van der Waals surface area contributed by atoms with E-state index in [0.29, 0.717) is 29.0 Å². The predicted octanol–water partition coefficient (Wildman–Crippen LogP) is 3.38. The molecule has 0 aliphatic carbocycles. The van der Waals surface area contributed by atoms with Crippen molar-refractivity contribution in [3.63, 3.8) is 0 Å². The van der Waals surface area contributed by atoms with Crippen molar-refractivity contribution in [1.82, 2.24) is 25.1 Å². The summed E-state index contributed by atoms with van der Waals surface area (Å²) in [6.45, 7) is 0.721. The van der Waals surface area contributed by atoms with Crippen LogP contribution in [0.4, 0.5) is 11.8 Å². The number of nitrogens with zero attached hydrogens (tertiary/aromatic N) is 5. The molecule has 0 bridgehead atoms. The standard InChI is InChI=1S/C29H29N7O3/c1-38-25-16-18(14-20-17-32-29(31)34-28(20)30)15-22(27(25)39-2)24(37)10-13-36-12-9-19-6-3-4-7-21(19)26(36)23-8-5-11-33-35-23/h3-8,10-11,13,15-17,26H,9,12,14H2,1-2H3,(H4,30,31,32,34)/b13-10+.